The molecule has 2 aliphatic rings. The molecular formula is C12H21NO5S. The summed E-state index contributed by atoms with van der Waals surface area (Å²) < 4.78 is 28.7. The van der Waals surface area contributed by atoms with E-state index in [1.54, 1.807) is 0 Å². The van der Waals surface area contributed by atoms with Gasteiger partial charge < -0.3 is 9.84 Å². The van der Waals surface area contributed by atoms with Gasteiger partial charge in [-0.15, -0.1) is 0 Å². The van der Waals surface area contributed by atoms with E-state index in [1.807, 2.05) is 6.92 Å². The molecular weight excluding hydrogens is 270 g/mol. The third kappa shape index (κ3) is 3.67. The maximum absolute atomic E-state index is 11.7. The van der Waals surface area contributed by atoms with Crippen molar-refractivity contribution >= 4 is 15.8 Å². The van der Waals surface area contributed by atoms with Gasteiger partial charge in [-0.2, -0.15) is 0 Å². The van der Waals surface area contributed by atoms with Crippen molar-refractivity contribution in [3.8, 4) is 0 Å². The molecule has 7 heteroatoms. The summed E-state index contributed by atoms with van der Waals surface area (Å²) >= 11 is 0. The van der Waals surface area contributed by atoms with Gasteiger partial charge in [0.25, 0.3) is 0 Å². The Morgan fingerprint density at radius 2 is 2.26 bits per heavy atom. The van der Waals surface area contributed by atoms with Gasteiger partial charge in [-0.25, -0.2) is 8.42 Å². The number of carboxylic acids is 1. The summed E-state index contributed by atoms with van der Waals surface area (Å²) in [6, 6.07) is -0.241. The fourth-order valence-electron chi connectivity index (χ4n) is 3.02. The molecule has 3 atom stereocenters. The zero-order valence-corrected chi connectivity index (χ0v) is 11.9. The van der Waals surface area contributed by atoms with Crippen LogP contribution in [0.2, 0.25) is 0 Å². The quantitative estimate of drug-likeness (QED) is 0.784. The largest absolute Gasteiger partial charge is 0.481 e. The van der Waals surface area contributed by atoms with Crippen LogP contribution in [0.5, 0.6) is 0 Å². The number of carbonyl (C=O) groups is 1. The number of carboxylic acid groups (broad SMARTS) is 1. The molecule has 2 heterocycles. The van der Waals surface area contributed by atoms with E-state index >= 15 is 0 Å². The molecule has 0 saturated carbocycles. The Morgan fingerprint density at radius 3 is 2.84 bits per heavy atom. The highest BCUT2D eigenvalue weighted by Gasteiger charge is 2.38. The lowest BCUT2D eigenvalue weighted by Gasteiger charge is -2.41. The molecule has 2 fully saturated rings. The summed E-state index contributed by atoms with van der Waals surface area (Å²) in [5.41, 5.74) is 0. The third-order valence-electron chi connectivity index (χ3n) is 4.16. The monoisotopic (exact) mass is 291 g/mol. The van der Waals surface area contributed by atoms with Crippen molar-refractivity contribution < 1.29 is 23.1 Å². The number of nitrogens with zero attached hydrogens (tertiary/aromatic N) is 1. The van der Waals surface area contributed by atoms with Crippen LogP contribution in [0.3, 0.4) is 0 Å². The molecule has 3 unspecified atom stereocenters. The van der Waals surface area contributed by atoms with Crippen LogP contribution in [0.1, 0.15) is 19.8 Å². The predicted molar refractivity (Wildman–Crippen MR) is 69.8 cm³/mol. The highest BCUT2D eigenvalue weighted by atomic mass is 32.2. The maximum atomic E-state index is 11.7. The first-order valence-corrected chi connectivity index (χ1v) is 8.47. The Kier molecular flexibility index (Phi) is 4.47. The van der Waals surface area contributed by atoms with E-state index in [0.717, 1.165) is 13.0 Å². The fraction of sp³-hybridized carbons (Fsp3) is 0.917. The molecule has 0 amide bonds. The molecule has 19 heavy (non-hydrogen) atoms. The maximum Gasteiger partial charge on any atom is 0.304 e. The van der Waals surface area contributed by atoms with E-state index in [4.69, 9.17) is 9.84 Å². The molecule has 6 nitrogen and oxygen atoms in total. The molecule has 0 bridgehead atoms. The van der Waals surface area contributed by atoms with Crippen molar-refractivity contribution in [2.24, 2.45) is 5.92 Å². The molecule has 2 aliphatic heterocycles. The first-order valence-electron chi connectivity index (χ1n) is 6.65. The van der Waals surface area contributed by atoms with Gasteiger partial charge in [0.05, 0.1) is 24.5 Å². The van der Waals surface area contributed by atoms with Crippen molar-refractivity contribution in [3.05, 3.63) is 0 Å². The Hall–Kier alpha value is -0.660. The topological polar surface area (TPSA) is 83.9 Å². The summed E-state index contributed by atoms with van der Waals surface area (Å²) in [6.45, 7) is 3.90. The second-order valence-electron chi connectivity index (χ2n) is 5.47. The molecule has 0 radical (unpaired) electrons. The molecule has 1 N–H and O–H groups in total. The van der Waals surface area contributed by atoms with Crippen molar-refractivity contribution in [1.82, 2.24) is 4.90 Å². The van der Waals surface area contributed by atoms with Crippen LogP contribution in [0.4, 0.5) is 0 Å². The Morgan fingerprint density at radius 1 is 1.53 bits per heavy atom. The number of rotatable bonds is 4. The lowest BCUT2D eigenvalue weighted by molar-refractivity contribution is -0.138. The van der Waals surface area contributed by atoms with Gasteiger partial charge in [-0.1, -0.05) is 0 Å². The molecule has 0 aromatic carbocycles. The van der Waals surface area contributed by atoms with E-state index in [-0.39, 0.29) is 24.0 Å². The van der Waals surface area contributed by atoms with Gasteiger partial charge in [0.2, 0.25) is 0 Å². The summed E-state index contributed by atoms with van der Waals surface area (Å²) in [5, 5.41) is 8.95. The second-order valence-corrected chi connectivity index (χ2v) is 7.70. The highest BCUT2D eigenvalue weighted by Crippen LogP contribution is 2.26. The molecule has 0 aromatic rings. The van der Waals surface area contributed by atoms with Crippen LogP contribution >= 0.6 is 0 Å². The van der Waals surface area contributed by atoms with Crippen molar-refractivity contribution in [1.29, 1.82) is 0 Å². The van der Waals surface area contributed by atoms with Crippen LogP contribution in [-0.2, 0) is 19.4 Å². The third-order valence-corrected chi connectivity index (χ3v) is 5.85. The van der Waals surface area contributed by atoms with E-state index in [2.05, 4.69) is 4.90 Å². The molecule has 110 valence electrons. The van der Waals surface area contributed by atoms with Gasteiger partial charge in [-0.3, -0.25) is 9.69 Å². The normalized spacial score (nSPS) is 33.1. The molecule has 0 aromatic heterocycles. The average Bonchev–Trinajstić information content (AvgIpc) is 2.79. The number of ether oxygens (including phenoxy) is 1. The average molecular weight is 291 g/mol. The van der Waals surface area contributed by atoms with E-state index in [1.165, 1.54) is 0 Å². The zero-order chi connectivity index (χ0) is 14.0. The lowest BCUT2D eigenvalue weighted by Crippen LogP contribution is -2.54. The molecule has 0 aliphatic carbocycles. The van der Waals surface area contributed by atoms with Crippen LogP contribution in [0.25, 0.3) is 0 Å². The van der Waals surface area contributed by atoms with E-state index in [9.17, 15) is 13.2 Å². The zero-order valence-electron chi connectivity index (χ0n) is 11.1. The van der Waals surface area contributed by atoms with Gasteiger partial charge in [0, 0.05) is 25.2 Å². The Balaban J connectivity index is 2.09. The van der Waals surface area contributed by atoms with Gasteiger partial charge in [-0.05, 0) is 19.3 Å². The summed E-state index contributed by atoms with van der Waals surface area (Å²) in [7, 11) is -3.10. The van der Waals surface area contributed by atoms with E-state index < -0.39 is 21.8 Å². The van der Waals surface area contributed by atoms with Gasteiger partial charge in [0.1, 0.15) is 0 Å². The Labute approximate surface area is 113 Å². The predicted octanol–water partition coefficient (Wildman–Crippen LogP) is -0.0149. The smallest absolute Gasteiger partial charge is 0.304 e. The molecule has 2 rings (SSSR count). The minimum Gasteiger partial charge on any atom is -0.481 e. The first-order chi connectivity index (χ1) is 8.89. The second kappa shape index (κ2) is 5.76. The molecule has 2 saturated heterocycles. The molecule has 0 spiro atoms. The fourth-order valence-corrected chi connectivity index (χ4v) is 4.57. The SMILES string of the molecule is CC(C1CCOC1)N1CCS(=O)(=O)CC1CC(=O)O. The minimum atomic E-state index is -3.10. The van der Waals surface area contributed by atoms with Crippen LogP contribution in [0.15, 0.2) is 0 Å². The van der Waals surface area contributed by atoms with E-state index in [0.29, 0.717) is 19.1 Å². The van der Waals surface area contributed by atoms with Crippen molar-refractivity contribution in [3.63, 3.8) is 0 Å². The number of hydrogen-bond donors (Lipinski definition) is 1. The Bertz CT molecular complexity index is 429. The number of hydrogen-bond acceptors (Lipinski definition) is 5. The highest BCUT2D eigenvalue weighted by molar-refractivity contribution is 7.91. The summed E-state index contributed by atoms with van der Waals surface area (Å²) in [5.74, 6) is -0.489. The van der Waals surface area contributed by atoms with Gasteiger partial charge in [0.15, 0.2) is 9.84 Å². The first kappa shape index (κ1) is 14.7. The van der Waals surface area contributed by atoms with Crippen LogP contribution < -0.4 is 0 Å². The van der Waals surface area contributed by atoms with Gasteiger partial charge >= 0.3 is 5.97 Å². The number of aliphatic carboxylic acids is 1. The van der Waals surface area contributed by atoms with Crippen LogP contribution in [0, 0.1) is 5.92 Å². The standard InChI is InChI=1S/C12H21NO5S/c1-9(10-2-4-18-7-10)13-3-5-19(16,17)8-11(13)6-12(14)15/h9-11H,2-8H2,1H3,(H,14,15). The number of sulfone groups is 1. The van der Waals surface area contributed by atoms with Crippen LogP contribution in [-0.4, -0.2) is 67.7 Å². The summed E-state index contributed by atoms with van der Waals surface area (Å²) in [6.07, 6.45) is 0.849. The lowest BCUT2D eigenvalue weighted by atomic mass is 9.97. The summed E-state index contributed by atoms with van der Waals surface area (Å²) in [4.78, 5) is 13.0. The van der Waals surface area contributed by atoms with Crippen molar-refractivity contribution in [2.45, 2.75) is 31.8 Å². The van der Waals surface area contributed by atoms with Crippen molar-refractivity contribution in [2.75, 3.05) is 31.3 Å². The minimum absolute atomic E-state index is 0.0444.